The highest BCUT2D eigenvalue weighted by atomic mass is 35.5. The lowest BCUT2D eigenvalue weighted by atomic mass is 10.2. The molecule has 0 fully saturated rings. The number of hydrogen-bond donors (Lipinski definition) is 1. The van der Waals surface area contributed by atoms with Gasteiger partial charge in [-0.05, 0) is 42.9 Å². The molecule has 1 N–H and O–H groups in total. The average Bonchev–Trinajstić information content (AvgIpc) is 2.55. The number of aromatic nitrogens is 2. The second-order valence-corrected chi connectivity index (χ2v) is 6.13. The summed E-state index contributed by atoms with van der Waals surface area (Å²) < 4.78 is 5.24. The Morgan fingerprint density at radius 3 is 2.83 bits per heavy atom. The Morgan fingerprint density at radius 1 is 1.21 bits per heavy atom. The number of rotatable bonds is 5. The topological polar surface area (TPSA) is 58.2 Å². The van der Waals surface area contributed by atoms with Gasteiger partial charge in [0, 0.05) is 11.6 Å². The molecule has 0 amide bonds. The van der Waals surface area contributed by atoms with Crippen molar-refractivity contribution in [2.45, 2.75) is 13.1 Å². The first-order chi connectivity index (χ1) is 11.5. The first-order valence-corrected chi connectivity index (χ1v) is 7.93. The van der Waals surface area contributed by atoms with Crippen molar-refractivity contribution in [2.24, 2.45) is 0 Å². The number of nitrogens with one attached hydrogen (secondary N) is 1. The van der Waals surface area contributed by atoms with Crippen LogP contribution in [0.2, 0.25) is 5.02 Å². The number of nitrogens with zero attached hydrogens (tertiary/aromatic N) is 2. The maximum atomic E-state index is 12.2. The van der Waals surface area contributed by atoms with Crippen LogP contribution in [0.3, 0.4) is 0 Å². The molecule has 3 aromatic rings. The van der Waals surface area contributed by atoms with Crippen molar-refractivity contribution in [1.82, 2.24) is 14.9 Å². The van der Waals surface area contributed by atoms with Crippen LogP contribution in [0.5, 0.6) is 5.75 Å². The molecule has 0 spiro atoms. The van der Waals surface area contributed by atoms with Crippen LogP contribution in [0.1, 0.15) is 11.4 Å². The molecule has 2 aromatic carbocycles. The average molecular weight is 344 g/mol. The highest BCUT2D eigenvalue weighted by Crippen LogP contribution is 2.16. The lowest BCUT2D eigenvalue weighted by molar-refractivity contribution is 0.310. The lowest BCUT2D eigenvalue weighted by Crippen LogP contribution is -2.21. The third kappa shape index (κ3) is 3.75. The summed E-state index contributed by atoms with van der Waals surface area (Å²) in [5, 5.41) is 1.03. The largest absolute Gasteiger partial charge is 0.497 e. The van der Waals surface area contributed by atoms with Crippen LogP contribution in [0.4, 0.5) is 0 Å². The number of benzene rings is 2. The molecule has 0 saturated carbocycles. The minimum atomic E-state index is -0.174. The maximum absolute atomic E-state index is 12.2. The Kier molecular flexibility index (Phi) is 4.83. The second kappa shape index (κ2) is 7.03. The summed E-state index contributed by atoms with van der Waals surface area (Å²) in [6.07, 6.45) is 0. The first kappa shape index (κ1) is 16.5. The zero-order valence-electron chi connectivity index (χ0n) is 13.5. The highest BCUT2D eigenvalue weighted by Gasteiger charge is 2.08. The summed E-state index contributed by atoms with van der Waals surface area (Å²) in [6.45, 7) is 1.25. The Labute approximate surface area is 144 Å². The molecule has 0 unspecified atom stereocenters. The van der Waals surface area contributed by atoms with Gasteiger partial charge < -0.3 is 9.72 Å². The van der Waals surface area contributed by atoms with E-state index in [0.717, 1.165) is 17.9 Å². The van der Waals surface area contributed by atoms with Gasteiger partial charge in [-0.3, -0.25) is 9.69 Å². The number of H-pyrrole nitrogens is 1. The van der Waals surface area contributed by atoms with Crippen LogP contribution < -0.4 is 10.3 Å². The molecule has 124 valence electrons. The molecule has 24 heavy (non-hydrogen) atoms. The van der Waals surface area contributed by atoms with Crippen molar-refractivity contribution in [3.63, 3.8) is 0 Å². The van der Waals surface area contributed by atoms with Gasteiger partial charge in [-0.1, -0.05) is 23.7 Å². The van der Waals surface area contributed by atoms with Gasteiger partial charge in [-0.15, -0.1) is 0 Å². The molecule has 0 radical (unpaired) electrons. The van der Waals surface area contributed by atoms with Gasteiger partial charge in [0.05, 0.1) is 24.6 Å². The standard InChI is InChI=1S/C18H18ClN3O2/c1-22(10-12-4-3-5-14(8-12)24-2)11-17-20-16-7-6-13(19)9-15(16)18(23)21-17/h3-9H,10-11H2,1-2H3,(H,20,21,23). The van der Waals surface area contributed by atoms with Crippen molar-refractivity contribution in [2.75, 3.05) is 14.2 Å². The second-order valence-electron chi connectivity index (χ2n) is 5.70. The Morgan fingerprint density at radius 2 is 2.04 bits per heavy atom. The van der Waals surface area contributed by atoms with Crippen LogP contribution in [0.25, 0.3) is 10.9 Å². The minimum absolute atomic E-state index is 0.174. The van der Waals surface area contributed by atoms with E-state index in [4.69, 9.17) is 16.3 Å². The maximum Gasteiger partial charge on any atom is 0.258 e. The molecule has 0 aliphatic carbocycles. The molecule has 0 aliphatic rings. The van der Waals surface area contributed by atoms with Crippen molar-refractivity contribution >= 4 is 22.5 Å². The molecular formula is C18H18ClN3O2. The highest BCUT2D eigenvalue weighted by molar-refractivity contribution is 6.31. The first-order valence-electron chi connectivity index (χ1n) is 7.55. The minimum Gasteiger partial charge on any atom is -0.497 e. The number of ether oxygens (including phenoxy) is 1. The van der Waals surface area contributed by atoms with E-state index in [2.05, 4.69) is 14.9 Å². The van der Waals surface area contributed by atoms with E-state index in [1.54, 1.807) is 25.3 Å². The molecule has 0 saturated heterocycles. The molecule has 3 rings (SSSR count). The zero-order chi connectivity index (χ0) is 17.1. The SMILES string of the molecule is COc1cccc(CN(C)Cc2nc3ccc(Cl)cc3c(=O)[nH]2)c1. The number of fused-ring (bicyclic) bond motifs is 1. The fourth-order valence-corrected chi connectivity index (χ4v) is 2.80. The summed E-state index contributed by atoms with van der Waals surface area (Å²) in [6, 6.07) is 13.0. The van der Waals surface area contributed by atoms with Gasteiger partial charge in [-0.25, -0.2) is 4.98 Å². The van der Waals surface area contributed by atoms with Crippen LogP contribution in [0, 0.1) is 0 Å². The molecule has 0 bridgehead atoms. The molecule has 1 heterocycles. The number of methoxy groups -OCH3 is 1. The number of aromatic amines is 1. The van der Waals surface area contributed by atoms with E-state index in [1.807, 2.05) is 31.3 Å². The summed E-state index contributed by atoms with van der Waals surface area (Å²) >= 11 is 5.93. The normalized spacial score (nSPS) is 11.2. The molecule has 1 aromatic heterocycles. The quantitative estimate of drug-likeness (QED) is 0.772. The van der Waals surface area contributed by atoms with Gasteiger partial charge in [0.2, 0.25) is 0 Å². The molecule has 0 atom stereocenters. The van der Waals surface area contributed by atoms with Crippen molar-refractivity contribution < 1.29 is 4.74 Å². The Balaban J connectivity index is 1.78. The van der Waals surface area contributed by atoms with E-state index in [-0.39, 0.29) is 5.56 Å². The van der Waals surface area contributed by atoms with Crippen molar-refractivity contribution in [1.29, 1.82) is 0 Å². The van der Waals surface area contributed by atoms with Crippen LogP contribution in [0.15, 0.2) is 47.3 Å². The van der Waals surface area contributed by atoms with Crippen molar-refractivity contribution in [3.8, 4) is 5.75 Å². The summed E-state index contributed by atoms with van der Waals surface area (Å²) in [4.78, 5) is 21.6. The van der Waals surface area contributed by atoms with Crippen LogP contribution in [-0.4, -0.2) is 29.0 Å². The Bertz CT molecular complexity index is 924. The summed E-state index contributed by atoms with van der Waals surface area (Å²) in [5.41, 5.74) is 1.60. The van der Waals surface area contributed by atoms with Crippen molar-refractivity contribution in [3.05, 3.63) is 69.2 Å². The molecule has 6 heteroatoms. The third-order valence-electron chi connectivity index (χ3n) is 3.72. The van der Waals surface area contributed by atoms with Gasteiger partial charge in [0.25, 0.3) is 5.56 Å². The summed E-state index contributed by atoms with van der Waals surface area (Å²) in [5.74, 6) is 1.45. The van der Waals surface area contributed by atoms with E-state index in [9.17, 15) is 4.79 Å². The van der Waals surface area contributed by atoms with Gasteiger partial charge in [0.15, 0.2) is 0 Å². The predicted octanol–water partition coefficient (Wildman–Crippen LogP) is 3.22. The van der Waals surface area contributed by atoms with E-state index >= 15 is 0 Å². The molecule has 0 aliphatic heterocycles. The lowest BCUT2D eigenvalue weighted by Gasteiger charge is -2.16. The zero-order valence-corrected chi connectivity index (χ0v) is 14.3. The van der Waals surface area contributed by atoms with Gasteiger partial charge >= 0.3 is 0 Å². The monoisotopic (exact) mass is 343 g/mol. The molecule has 5 nitrogen and oxygen atoms in total. The van der Waals surface area contributed by atoms with E-state index in [0.29, 0.717) is 28.3 Å². The number of hydrogen-bond acceptors (Lipinski definition) is 4. The van der Waals surface area contributed by atoms with Crippen LogP contribution >= 0.6 is 11.6 Å². The fraction of sp³-hybridized carbons (Fsp3) is 0.222. The smallest absolute Gasteiger partial charge is 0.258 e. The Hall–Kier alpha value is -2.37. The van der Waals surface area contributed by atoms with Crippen LogP contribution in [-0.2, 0) is 13.1 Å². The van der Waals surface area contributed by atoms with E-state index < -0.39 is 0 Å². The van der Waals surface area contributed by atoms with Gasteiger partial charge in [0.1, 0.15) is 11.6 Å². The molecular weight excluding hydrogens is 326 g/mol. The number of halogens is 1. The fourth-order valence-electron chi connectivity index (χ4n) is 2.63. The van der Waals surface area contributed by atoms with Gasteiger partial charge in [-0.2, -0.15) is 0 Å². The summed E-state index contributed by atoms with van der Waals surface area (Å²) in [7, 11) is 3.63. The third-order valence-corrected chi connectivity index (χ3v) is 3.96. The van der Waals surface area contributed by atoms with E-state index in [1.165, 1.54) is 0 Å². The predicted molar refractivity (Wildman–Crippen MR) is 95.5 cm³/mol.